The molecule has 2 heteroatoms. The number of esters is 1. The van der Waals surface area contributed by atoms with Crippen LogP contribution in [-0.2, 0) is 9.53 Å². The molecule has 3 saturated carbocycles. The van der Waals surface area contributed by atoms with Crippen LogP contribution < -0.4 is 0 Å². The molecular formula is C47H80O2. The lowest BCUT2D eigenvalue weighted by atomic mass is 9.47. The molecular weight excluding hydrogens is 597 g/mol. The molecule has 0 saturated heterocycles. The smallest absolute Gasteiger partial charge is 0.306 e. The van der Waals surface area contributed by atoms with Crippen molar-refractivity contribution in [3.63, 3.8) is 0 Å². The number of hydrogen-bond donors (Lipinski definition) is 0. The van der Waals surface area contributed by atoms with Gasteiger partial charge in [0.15, 0.2) is 0 Å². The molecule has 8 atom stereocenters. The van der Waals surface area contributed by atoms with Gasteiger partial charge in [-0.25, -0.2) is 0 Å². The van der Waals surface area contributed by atoms with Gasteiger partial charge in [0, 0.05) is 12.8 Å². The molecule has 4 aliphatic rings. The number of carbonyl (C=O) groups is 1. The van der Waals surface area contributed by atoms with Gasteiger partial charge < -0.3 is 4.74 Å². The fraction of sp³-hybridized carbons (Fsp3) is 0.851. The van der Waals surface area contributed by atoms with Crippen LogP contribution in [0.25, 0.3) is 0 Å². The van der Waals surface area contributed by atoms with E-state index < -0.39 is 0 Å². The molecule has 49 heavy (non-hydrogen) atoms. The molecule has 0 aliphatic heterocycles. The van der Waals surface area contributed by atoms with E-state index in [1.165, 1.54) is 122 Å². The molecule has 0 spiro atoms. The van der Waals surface area contributed by atoms with E-state index in [1.807, 2.05) is 0 Å². The van der Waals surface area contributed by atoms with Gasteiger partial charge in [0.1, 0.15) is 6.10 Å². The second-order valence-corrected chi connectivity index (χ2v) is 18.3. The Morgan fingerprint density at radius 1 is 0.796 bits per heavy atom. The van der Waals surface area contributed by atoms with Gasteiger partial charge in [-0.1, -0.05) is 142 Å². The van der Waals surface area contributed by atoms with Crippen LogP contribution in [0.2, 0.25) is 0 Å². The summed E-state index contributed by atoms with van der Waals surface area (Å²) in [6.07, 6.45) is 43.5. The van der Waals surface area contributed by atoms with Crippen LogP contribution >= 0.6 is 0 Å². The topological polar surface area (TPSA) is 26.3 Å². The van der Waals surface area contributed by atoms with E-state index in [4.69, 9.17) is 4.74 Å². The van der Waals surface area contributed by atoms with Crippen molar-refractivity contribution < 1.29 is 9.53 Å². The minimum absolute atomic E-state index is 0.0541. The van der Waals surface area contributed by atoms with Crippen LogP contribution in [0.3, 0.4) is 0 Å². The summed E-state index contributed by atoms with van der Waals surface area (Å²) in [5.74, 6) is 5.31. The number of fused-ring (bicyclic) bond motifs is 5. The largest absolute Gasteiger partial charge is 0.462 e. The maximum atomic E-state index is 12.8. The first-order chi connectivity index (χ1) is 23.7. The molecule has 0 heterocycles. The van der Waals surface area contributed by atoms with E-state index in [9.17, 15) is 4.79 Å². The van der Waals surface area contributed by atoms with Crippen molar-refractivity contribution in [1.82, 2.24) is 0 Å². The summed E-state index contributed by atoms with van der Waals surface area (Å²) in [5.41, 5.74) is 2.52. The SMILES string of the molecule is CCCCC/C=C\C/C=C\CCCCCCCCCC(=O)O[C@H]1CC[C@@]2(C)C(=CCC3C4CCC([C@H](C)CCCC(C)C)[C@@]4(C)CCC32)C1. The Bertz CT molecular complexity index is 1050. The Kier molecular flexibility index (Phi) is 17.1. The fourth-order valence-electron chi connectivity index (χ4n) is 11.4. The van der Waals surface area contributed by atoms with Crippen molar-refractivity contribution >= 4 is 5.97 Å². The van der Waals surface area contributed by atoms with E-state index in [0.717, 1.165) is 67.6 Å². The third kappa shape index (κ3) is 11.6. The van der Waals surface area contributed by atoms with Crippen LogP contribution in [-0.4, -0.2) is 12.1 Å². The summed E-state index contributed by atoms with van der Waals surface area (Å²) < 4.78 is 6.13. The predicted octanol–water partition coefficient (Wildman–Crippen LogP) is 14.5. The Morgan fingerprint density at radius 2 is 1.49 bits per heavy atom. The molecule has 0 amide bonds. The first kappa shape index (κ1) is 40.5. The molecule has 280 valence electrons. The standard InChI is InChI=1S/C47H80O2/c1-7-8-9-10-11-12-13-14-15-16-17-18-19-20-21-22-23-27-45(48)49-40-32-34-46(5)39(36-40)28-29-41-43-31-30-42(38(4)26-24-25-37(2)3)47(43,6)35-33-44(41)46/h11-12,14-15,28,37-38,40-44H,7-10,13,16-27,29-36H2,1-6H3/b12-11-,15-14-/t38-,40+,41?,42?,43?,44?,46+,47-/m1/s1. The Morgan fingerprint density at radius 3 is 2.20 bits per heavy atom. The molecule has 4 unspecified atom stereocenters. The highest BCUT2D eigenvalue weighted by atomic mass is 16.5. The van der Waals surface area contributed by atoms with Gasteiger partial charge in [0.25, 0.3) is 0 Å². The summed E-state index contributed by atoms with van der Waals surface area (Å²) in [4.78, 5) is 12.8. The monoisotopic (exact) mass is 677 g/mol. The first-order valence-corrected chi connectivity index (χ1v) is 21.9. The number of hydrogen-bond acceptors (Lipinski definition) is 2. The minimum atomic E-state index is 0.0541. The zero-order valence-electron chi connectivity index (χ0n) is 33.4. The highest BCUT2D eigenvalue weighted by molar-refractivity contribution is 5.69. The van der Waals surface area contributed by atoms with Crippen molar-refractivity contribution in [3.8, 4) is 0 Å². The predicted molar refractivity (Wildman–Crippen MR) is 212 cm³/mol. The molecule has 3 fully saturated rings. The van der Waals surface area contributed by atoms with Crippen molar-refractivity contribution in [2.75, 3.05) is 0 Å². The normalized spacial score (nSPS) is 31.9. The molecule has 4 rings (SSSR count). The van der Waals surface area contributed by atoms with Crippen molar-refractivity contribution in [2.24, 2.45) is 46.3 Å². The number of rotatable bonds is 22. The van der Waals surface area contributed by atoms with Crippen LogP contribution in [0.4, 0.5) is 0 Å². The maximum Gasteiger partial charge on any atom is 0.306 e. The number of carbonyl (C=O) groups excluding carboxylic acids is 1. The zero-order chi connectivity index (χ0) is 35.1. The van der Waals surface area contributed by atoms with E-state index in [-0.39, 0.29) is 12.1 Å². The summed E-state index contributed by atoms with van der Waals surface area (Å²) in [7, 11) is 0. The summed E-state index contributed by atoms with van der Waals surface area (Å²) in [6.45, 7) is 14.9. The van der Waals surface area contributed by atoms with E-state index in [2.05, 4.69) is 71.9 Å². The van der Waals surface area contributed by atoms with Crippen LogP contribution in [0.5, 0.6) is 0 Å². The van der Waals surface area contributed by atoms with Crippen LogP contribution in [0, 0.1) is 46.3 Å². The van der Waals surface area contributed by atoms with Gasteiger partial charge in [0.2, 0.25) is 0 Å². The quantitative estimate of drug-likeness (QED) is 0.0648. The second kappa shape index (κ2) is 20.7. The summed E-state index contributed by atoms with van der Waals surface area (Å²) >= 11 is 0. The highest BCUT2D eigenvalue weighted by Crippen LogP contribution is 2.67. The van der Waals surface area contributed by atoms with E-state index in [0.29, 0.717) is 17.3 Å². The van der Waals surface area contributed by atoms with Crippen molar-refractivity contribution in [2.45, 2.75) is 208 Å². The molecule has 2 nitrogen and oxygen atoms in total. The lowest BCUT2D eigenvalue weighted by Crippen LogP contribution is -2.51. The summed E-state index contributed by atoms with van der Waals surface area (Å²) in [6, 6.07) is 0. The molecule has 0 aromatic heterocycles. The average molecular weight is 677 g/mol. The first-order valence-electron chi connectivity index (χ1n) is 21.9. The van der Waals surface area contributed by atoms with E-state index >= 15 is 0 Å². The van der Waals surface area contributed by atoms with Gasteiger partial charge in [-0.15, -0.1) is 0 Å². The van der Waals surface area contributed by atoms with Gasteiger partial charge in [-0.05, 0) is 130 Å². The number of ether oxygens (including phenoxy) is 1. The zero-order valence-corrected chi connectivity index (χ0v) is 33.4. The molecule has 4 aliphatic carbocycles. The molecule has 0 radical (unpaired) electrons. The minimum Gasteiger partial charge on any atom is -0.462 e. The molecule has 0 aromatic rings. The van der Waals surface area contributed by atoms with Crippen LogP contribution in [0.15, 0.2) is 36.0 Å². The van der Waals surface area contributed by atoms with Crippen LogP contribution in [0.1, 0.15) is 202 Å². The van der Waals surface area contributed by atoms with Gasteiger partial charge in [0.05, 0.1) is 0 Å². The molecule has 0 aromatic carbocycles. The fourth-order valence-corrected chi connectivity index (χ4v) is 11.4. The lowest BCUT2D eigenvalue weighted by Gasteiger charge is -2.58. The van der Waals surface area contributed by atoms with Crippen molar-refractivity contribution in [3.05, 3.63) is 36.0 Å². The number of unbranched alkanes of at least 4 members (excludes halogenated alkanes) is 10. The van der Waals surface area contributed by atoms with Gasteiger partial charge in [-0.2, -0.15) is 0 Å². The van der Waals surface area contributed by atoms with E-state index in [1.54, 1.807) is 5.57 Å². The Labute approximate surface area is 305 Å². The average Bonchev–Trinajstić information content (AvgIpc) is 3.43. The molecule has 0 bridgehead atoms. The third-order valence-corrected chi connectivity index (χ3v) is 14.4. The number of allylic oxidation sites excluding steroid dienone is 5. The Hall–Kier alpha value is -1.31. The third-order valence-electron chi connectivity index (χ3n) is 14.4. The van der Waals surface area contributed by atoms with Crippen molar-refractivity contribution in [1.29, 1.82) is 0 Å². The molecule has 0 N–H and O–H groups in total. The Balaban J connectivity index is 1.09. The summed E-state index contributed by atoms with van der Waals surface area (Å²) in [5, 5.41) is 0. The second-order valence-electron chi connectivity index (χ2n) is 18.3. The maximum absolute atomic E-state index is 12.8. The van der Waals surface area contributed by atoms with Gasteiger partial charge >= 0.3 is 5.97 Å². The lowest BCUT2D eigenvalue weighted by molar-refractivity contribution is -0.151. The highest BCUT2D eigenvalue weighted by Gasteiger charge is 2.59. The van der Waals surface area contributed by atoms with Gasteiger partial charge in [-0.3, -0.25) is 4.79 Å².